The molecule has 3 heterocycles. The minimum absolute atomic E-state index is 0.201. The van der Waals surface area contributed by atoms with Crippen molar-refractivity contribution in [1.29, 1.82) is 0 Å². The second-order valence-electron chi connectivity index (χ2n) is 6.00. The number of nitrogens with one attached hydrogen (secondary N) is 2. The lowest BCUT2D eigenvalue weighted by Gasteiger charge is -2.12. The van der Waals surface area contributed by atoms with Crippen LogP contribution in [0, 0.1) is 0 Å². The van der Waals surface area contributed by atoms with Crippen LogP contribution in [0.5, 0.6) is 5.88 Å². The average molecular weight is 351 g/mol. The highest BCUT2D eigenvalue weighted by Gasteiger charge is 2.26. The fourth-order valence-electron chi connectivity index (χ4n) is 2.45. The van der Waals surface area contributed by atoms with Crippen LogP contribution in [0.15, 0.2) is 43.1 Å². The Morgan fingerprint density at radius 2 is 2.04 bits per heavy atom. The molecule has 0 aliphatic heterocycles. The highest BCUT2D eigenvalue weighted by atomic mass is 16.6. The minimum atomic E-state index is -0.656. The molecular weight excluding hydrogens is 334 g/mol. The summed E-state index contributed by atoms with van der Waals surface area (Å²) in [4.78, 5) is 24.6. The van der Waals surface area contributed by atoms with Gasteiger partial charge < -0.3 is 10.1 Å². The molecule has 3 aromatic heterocycles. The third-order valence-electron chi connectivity index (χ3n) is 3.85. The monoisotopic (exact) mass is 351 g/mol. The lowest BCUT2D eigenvalue weighted by atomic mass is 10.2. The lowest BCUT2D eigenvalue weighted by Crippen LogP contribution is -2.18. The number of carbonyl (C=O) groups is 1. The zero-order valence-electron chi connectivity index (χ0n) is 14.1. The Bertz CT molecular complexity index is 922. The van der Waals surface area contributed by atoms with Gasteiger partial charge in [-0.25, -0.2) is 19.7 Å². The summed E-state index contributed by atoms with van der Waals surface area (Å²) >= 11 is 0. The largest absolute Gasteiger partial charge is 0.419 e. The Morgan fingerprint density at radius 1 is 1.23 bits per heavy atom. The van der Waals surface area contributed by atoms with Crippen LogP contribution in [0.2, 0.25) is 0 Å². The zero-order valence-corrected chi connectivity index (χ0v) is 14.1. The van der Waals surface area contributed by atoms with E-state index in [9.17, 15) is 4.79 Å². The summed E-state index contributed by atoms with van der Waals surface area (Å²) in [5.41, 5.74) is 2.14. The van der Waals surface area contributed by atoms with Crippen LogP contribution in [0.25, 0.3) is 0 Å². The predicted octanol–water partition coefficient (Wildman–Crippen LogP) is 2.84. The van der Waals surface area contributed by atoms with Gasteiger partial charge in [-0.1, -0.05) is 0 Å². The molecule has 9 nitrogen and oxygen atoms in total. The maximum absolute atomic E-state index is 12.2. The molecule has 3 aromatic rings. The van der Waals surface area contributed by atoms with Crippen LogP contribution in [-0.2, 0) is 7.05 Å². The second-order valence-corrected chi connectivity index (χ2v) is 6.00. The van der Waals surface area contributed by atoms with Crippen molar-refractivity contribution < 1.29 is 9.53 Å². The number of carbonyl (C=O) groups excluding carboxylic acids is 1. The molecule has 1 fully saturated rings. The number of rotatable bonds is 5. The SMILES string of the molecule is Cn1ccc(NC(=O)Oc2nc(C3CC3)ccc2Nc2cncnc2)n1. The van der Waals surface area contributed by atoms with Gasteiger partial charge in [0.2, 0.25) is 5.88 Å². The first-order chi connectivity index (χ1) is 12.7. The Labute approximate surface area is 149 Å². The first kappa shape index (κ1) is 16.0. The van der Waals surface area contributed by atoms with Crippen molar-refractivity contribution in [2.45, 2.75) is 18.8 Å². The average Bonchev–Trinajstić information content (AvgIpc) is 3.40. The van der Waals surface area contributed by atoms with Gasteiger partial charge in [0.15, 0.2) is 5.82 Å². The van der Waals surface area contributed by atoms with E-state index in [-0.39, 0.29) is 5.88 Å². The molecule has 0 radical (unpaired) electrons. The number of hydrogen-bond donors (Lipinski definition) is 2. The van der Waals surface area contributed by atoms with E-state index in [2.05, 4.69) is 30.7 Å². The van der Waals surface area contributed by atoms with E-state index in [1.165, 1.54) is 6.33 Å². The van der Waals surface area contributed by atoms with Gasteiger partial charge in [0.25, 0.3) is 0 Å². The predicted molar refractivity (Wildman–Crippen MR) is 94.4 cm³/mol. The van der Waals surface area contributed by atoms with Gasteiger partial charge in [-0.15, -0.1) is 0 Å². The molecule has 0 spiro atoms. The van der Waals surface area contributed by atoms with Crippen LogP contribution in [0.1, 0.15) is 24.5 Å². The molecule has 1 aliphatic rings. The van der Waals surface area contributed by atoms with Crippen LogP contribution >= 0.6 is 0 Å². The molecule has 26 heavy (non-hydrogen) atoms. The Morgan fingerprint density at radius 3 is 2.73 bits per heavy atom. The fraction of sp³-hybridized carbons (Fsp3) is 0.235. The molecule has 0 bridgehead atoms. The maximum Gasteiger partial charge on any atom is 0.419 e. The number of aryl methyl sites for hydroxylation is 1. The summed E-state index contributed by atoms with van der Waals surface area (Å²) in [6.07, 6.45) is 7.97. The number of aromatic nitrogens is 5. The van der Waals surface area contributed by atoms with Crippen LogP contribution in [0.4, 0.5) is 22.0 Å². The van der Waals surface area contributed by atoms with E-state index in [1.54, 1.807) is 36.4 Å². The van der Waals surface area contributed by atoms with Crippen molar-refractivity contribution in [1.82, 2.24) is 24.7 Å². The number of hydrogen-bond acceptors (Lipinski definition) is 7. The second kappa shape index (κ2) is 6.79. The quantitative estimate of drug-likeness (QED) is 0.728. The molecule has 0 atom stereocenters. The third-order valence-corrected chi connectivity index (χ3v) is 3.85. The molecule has 0 aromatic carbocycles. The first-order valence-corrected chi connectivity index (χ1v) is 8.19. The molecule has 1 saturated carbocycles. The van der Waals surface area contributed by atoms with Crippen molar-refractivity contribution >= 4 is 23.3 Å². The van der Waals surface area contributed by atoms with Gasteiger partial charge in [-0.05, 0) is 25.0 Å². The van der Waals surface area contributed by atoms with E-state index in [4.69, 9.17) is 4.74 Å². The van der Waals surface area contributed by atoms with Crippen LogP contribution < -0.4 is 15.4 Å². The van der Waals surface area contributed by atoms with E-state index >= 15 is 0 Å². The third kappa shape index (κ3) is 3.77. The summed E-state index contributed by atoms with van der Waals surface area (Å²) in [5, 5.41) is 9.79. The summed E-state index contributed by atoms with van der Waals surface area (Å²) in [7, 11) is 1.77. The maximum atomic E-state index is 12.2. The van der Waals surface area contributed by atoms with Crippen LogP contribution in [-0.4, -0.2) is 30.8 Å². The molecule has 1 amide bonds. The normalized spacial score (nSPS) is 13.3. The molecule has 0 unspecified atom stereocenters. The molecule has 9 heteroatoms. The first-order valence-electron chi connectivity index (χ1n) is 8.19. The molecule has 1 aliphatic carbocycles. The smallest absolute Gasteiger partial charge is 0.389 e. The van der Waals surface area contributed by atoms with E-state index in [1.807, 2.05) is 12.1 Å². The number of ether oxygens (including phenoxy) is 1. The Kier molecular flexibility index (Phi) is 4.18. The van der Waals surface area contributed by atoms with Crippen molar-refractivity contribution in [3.63, 3.8) is 0 Å². The minimum Gasteiger partial charge on any atom is -0.389 e. The van der Waals surface area contributed by atoms with Gasteiger partial charge in [0.05, 0.1) is 18.1 Å². The van der Waals surface area contributed by atoms with Gasteiger partial charge in [-0.2, -0.15) is 5.10 Å². The van der Waals surface area contributed by atoms with Gasteiger partial charge in [-0.3, -0.25) is 10.00 Å². The molecule has 2 N–H and O–H groups in total. The highest BCUT2D eigenvalue weighted by Crippen LogP contribution is 2.40. The number of pyridine rings is 1. The molecule has 4 rings (SSSR count). The highest BCUT2D eigenvalue weighted by molar-refractivity contribution is 5.86. The standard InChI is InChI=1S/C17H17N7O2/c1-24-7-6-15(23-24)22-17(25)26-16-14(20-12-8-18-10-19-9-12)5-4-13(21-16)11-2-3-11/h4-11,20H,2-3H2,1H3,(H,22,23,25). The molecule has 132 valence electrons. The lowest BCUT2D eigenvalue weighted by molar-refractivity contribution is 0.213. The summed E-state index contributed by atoms with van der Waals surface area (Å²) in [6.45, 7) is 0. The Balaban J connectivity index is 1.55. The zero-order chi connectivity index (χ0) is 17.9. The van der Waals surface area contributed by atoms with Gasteiger partial charge >= 0.3 is 6.09 Å². The molecular formula is C17H17N7O2. The van der Waals surface area contributed by atoms with Crippen molar-refractivity contribution in [2.75, 3.05) is 10.6 Å². The van der Waals surface area contributed by atoms with Gasteiger partial charge in [0, 0.05) is 30.9 Å². The van der Waals surface area contributed by atoms with Gasteiger partial charge in [0.1, 0.15) is 12.0 Å². The fourth-order valence-corrected chi connectivity index (χ4v) is 2.45. The summed E-state index contributed by atoms with van der Waals surface area (Å²) in [6, 6.07) is 5.46. The van der Waals surface area contributed by atoms with Crippen molar-refractivity contribution in [3.05, 3.63) is 48.8 Å². The summed E-state index contributed by atoms with van der Waals surface area (Å²) < 4.78 is 7.02. The van der Waals surface area contributed by atoms with Crippen molar-refractivity contribution in [2.24, 2.45) is 7.05 Å². The van der Waals surface area contributed by atoms with Crippen molar-refractivity contribution in [3.8, 4) is 5.88 Å². The summed E-state index contributed by atoms with van der Waals surface area (Å²) in [5.74, 6) is 1.04. The number of nitrogens with zero attached hydrogens (tertiary/aromatic N) is 5. The molecule has 0 saturated heterocycles. The van der Waals surface area contributed by atoms with E-state index in [0.29, 0.717) is 23.1 Å². The van der Waals surface area contributed by atoms with Crippen LogP contribution in [0.3, 0.4) is 0 Å². The van der Waals surface area contributed by atoms with E-state index in [0.717, 1.165) is 18.5 Å². The van der Waals surface area contributed by atoms with E-state index < -0.39 is 6.09 Å². The number of anilines is 3. The number of amides is 1. The topological polar surface area (TPSA) is 107 Å². The Hall–Kier alpha value is -3.49.